The first-order valence-corrected chi connectivity index (χ1v) is 10.4. The normalized spacial score (nSPS) is 17.0. The molecule has 8 heteroatoms. The predicted octanol–water partition coefficient (Wildman–Crippen LogP) is 4.78. The van der Waals surface area contributed by atoms with Crippen LogP contribution < -0.4 is 25.7 Å². The van der Waals surface area contributed by atoms with Crippen molar-refractivity contribution in [2.75, 3.05) is 11.5 Å². The Labute approximate surface area is 190 Å². The molecule has 1 aliphatic heterocycles. The van der Waals surface area contributed by atoms with Gasteiger partial charge in [0.1, 0.15) is 23.4 Å². The smallest absolute Gasteiger partial charge is 0.219 e. The Bertz CT molecular complexity index is 1260. The molecule has 0 saturated heterocycles. The second kappa shape index (κ2) is 8.68. The maximum Gasteiger partial charge on any atom is 0.219 e. The molecule has 1 aliphatic rings. The third-order valence-corrected chi connectivity index (χ3v) is 5.24. The van der Waals surface area contributed by atoms with Crippen LogP contribution in [0.1, 0.15) is 29.8 Å². The minimum atomic E-state index is -0.718. The molecule has 0 aliphatic carbocycles. The van der Waals surface area contributed by atoms with E-state index in [1.807, 2.05) is 24.3 Å². The molecular formula is C25H22N4O4. The van der Waals surface area contributed by atoms with Crippen LogP contribution in [0.4, 0.5) is 11.4 Å². The third-order valence-electron chi connectivity index (χ3n) is 5.24. The summed E-state index contributed by atoms with van der Waals surface area (Å²) in [6, 6.07) is 19.7. The summed E-state index contributed by atoms with van der Waals surface area (Å²) < 4.78 is 17.8. The molecule has 2 aromatic heterocycles. The van der Waals surface area contributed by atoms with Crippen molar-refractivity contribution in [1.29, 1.82) is 0 Å². The summed E-state index contributed by atoms with van der Waals surface area (Å²) in [5, 5.41) is 10.8. The van der Waals surface area contributed by atoms with Gasteiger partial charge < -0.3 is 30.8 Å². The highest BCUT2D eigenvalue weighted by molar-refractivity contribution is 5.46. The number of fused-ring (bicyclic) bond motifs is 1. The van der Waals surface area contributed by atoms with Gasteiger partial charge in [-0.3, -0.25) is 0 Å². The lowest BCUT2D eigenvalue weighted by Gasteiger charge is -2.30. The van der Waals surface area contributed by atoms with Crippen molar-refractivity contribution < 1.29 is 19.3 Å². The maximum atomic E-state index is 10.8. The number of aromatic nitrogens is 2. The number of hydrogen-bond acceptors (Lipinski definition) is 8. The van der Waals surface area contributed by atoms with Gasteiger partial charge in [-0.25, -0.2) is 9.97 Å². The first-order chi connectivity index (χ1) is 16.0. The fraction of sp³-hybridized carbons (Fsp3) is 0.120. The van der Waals surface area contributed by atoms with E-state index in [1.165, 1.54) is 12.4 Å². The maximum absolute atomic E-state index is 10.8. The number of nitrogens with zero attached hydrogens (tertiary/aromatic N) is 2. The first-order valence-electron chi connectivity index (χ1n) is 10.4. The molecule has 0 bridgehead atoms. The average molecular weight is 442 g/mol. The Morgan fingerprint density at radius 2 is 1.48 bits per heavy atom. The van der Waals surface area contributed by atoms with Crippen molar-refractivity contribution in [1.82, 2.24) is 9.97 Å². The molecule has 166 valence electrons. The topological polar surface area (TPSA) is 126 Å². The highest BCUT2D eigenvalue weighted by atomic mass is 16.5. The van der Waals surface area contributed by atoms with E-state index in [1.54, 1.807) is 42.5 Å². The largest absolute Gasteiger partial charge is 0.485 e. The Balaban J connectivity index is 1.32. The number of aliphatic hydroxyl groups is 1. The number of aliphatic hydroxyl groups excluding tert-OH is 1. The van der Waals surface area contributed by atoms with E-state index in [9.17, 15) is 5.11 Å². The summed E-state index contributed by atoms with van der Waals surface area (Å²) in [7, 11) is 0. The predicted molar refractivity (Wildman–Crippen MR) is 123 cm³/mol. The number of nitrogens with two attached hydrogens (primary N) is 2. The zero-order valence-electron chi connectivity index (χ0n) is 17.6. The molecule has 5 rings (SSSR count). The SMILES string of the molecule is Nc1ccc(Oc2cccc(C3CC(O)c4cc(Oc5ccc(N)cn5)ccc4O3)c2)nc1. The van der Waals surface area contributed by atoms with Crippen molar-refractivity contribution in [3.63, 3.8) is 0 Å². The van der Waals surface area contributed by atoms with Gasteiger partial charge in [0.05, 0.1) is 29.9 Å². The molecule has 4 aromatic rings. The molecule has 0 spiro atoms. The Morgan fingerprint density at radius 1 is 0.818 bits per heavy atom. The van der Waals surface area contributed by atoms with Crippen LogP contribution in [0.25, 0.3) is 0 Å². The summed E-state index contributed by atoms with van der Waals surface area (Å²) in [4.78, 5) is 8.29. The van der Waals surface area contributed by atoms with E-state index in [0.29, 0.717) is 52.4 Å². The van der Waals surface area contributed by atoms with Gasteiger partial charge in [0.15, 0.2) is 0 Å². The summed E-state index contributed by atoms with van der Waals surface area (Å²) in [5.41, 5.74) is 14.0. The van der Waals surface area contributed by atoms with Crippen molar-refractivity contribution in [3.05, 3.63) is 90.3 Å². The highest BCUT2D eigenvalue weighted by Gasteiger charge is 2.29. The molecule has 5 N–H and O–H groups in total. The van der Waals surface area contributed by atoms with E-state index in [-0.39, 0.29) is 6.10 Å². The fourth-order valence-corrected chi connectivity index (χ4v) is 3.62. The molecule has 8 nitrogen and oxygen atoms in total. The van der Waals surface area contributed by atoms with E-state index >= 15 is 0 Å². The lowest BCUT2D eigenvalue weighted by Crippen LogP contribution is -2.19. The average Bonchev–Trinajstić information content (AvgIpc) is 2.82. The van der Waals surface area contributed by atoms with E-state index in [2.05, 4.69) is 9.97 Å². The van der Waals surface area contributed by atoms with Crippen LogP contribution in [0.3, 0.4) is 0 Å². The van der Waals surface area contributed by atoms with Crippen LogP contribution in [0.15, 0.2) is 79.1 Å². The van der Waals surface area contributed by atoms with Crippen LogP contribution in [0.2, 0.25) is 0 Å². The summed E-state index contributed by atoms with van der Waals surface area (Å²) in [5.74, 6) is 2.63. The Morgan fingerprint density at radius 3 is 2.12 bits per heavy atom. The van der Waals surface area contributed by atoms with E-state index in [0.717, 1.165) is 5.56 Å². The van der Waals surface area contributed by atoms with Crippen molar-refractivity contribution in [2.45, 2.75) is 18.6 Å². The number of anilines is 2. The highest BCUT2D eigenvalue weighted by Crippen LogP contribution is 2.43. The van der Waals surface area contributed by atoms with Crippen LogP contribution in [-0.4, -0.2) is 15.1 Å². The molecule has 0 radical (unpaired) electrons. The lowest BCUT2D eigenvalue weighted by molar-refractivity contribution is 0.0654. The van der Waals surface area contributed by atoms with Crippen molar-refractivity contribution >= 4 is 11.4 Å². The Kier molecular flexibility index (Phi) is 5.42. The number of rotatable bonds is 5. The summed E-state index contributed by atoms with van der Waals surface area (Å²) in [6.45, 7) is 0. The van der Waals surface area contributed by atoms with Gasteiger partial charge in [0.2, 0.25) is 11.8 Å². The Hall–Kier alpha value is -4.30. The van der Waals surface area contributed by atoms with Crippen molar-refractivity contribution in [3.8, 4) is 29.0 Å². The molecule has 33 heavy (non-hydrogen) atoms. The molecule has 2 atom stereocenters. The van der Waals surface area contributed by atoms with Crippen LogP contribution in [0.5, 0.6) is 29.0 Å². The molecule has 0 amide bonds. The van der Waals surface area contributed by atoms with E-state index < -0.39 is 6.10 Å². The monoisotopic (exact) mass is 442 g/mol. The van der Waals surface area contributed by atoms with Crippen LogP contribution >= 0.6 is 0 Å². The van der Waals surface area contributed by atoms with Gasteiger partial charge in [0, 0.05) is 24.1 Å². The number of nitrogen functional groups attached to an aromatic ring is 2. The van der Waals surface area contributed by atoms with Crippen LogP contribution in [0, 0.1) is 0 Å². The van der Waals surface area contributed by atoms with Crippen LogP contribution in [-0.2, 0) is 0 Å². The summed E-state index contributed by atoms with van der Waals surface area (Å²) >= 11 is 0. The van der Waals surface area contributed by atoms with Gasteiger partial charge in [-0.2, -0.15) is 0 Å². The lowest BCUT2D eigenvalue weighted by atomic mass is 9.95. The van der Waals surface area contributed by atoms with Crippen molar-refractivity contribution in [2.24, 2.45) is 0 Å². The number of ether oxygens (including phenoxy) is 3. The molecular weight excluding hydrogens is 420 g/mol. The van der Waals surface area contributed by atoms with Gasteiger partial charge >= 0.3 is 0 Å². The minimum Gasteiger partial charge on any atom is -0.485 e. The molecule has 2 aromatic carbocycles. The molecule has 0 fully saturated rings. The number of benzene rings is 2. The van der Waals surface area contributed by atoms with Gasteiger partial charge in [-0.05, 0) is 48.0 Å². The number of hydrogen-bond donors (Lipinski definition) is 3. The second-order valence-electron chi connectivity index (χ2n) is 7.69. The number of pyridine rings is 2. The quantitative estimate of drug-likeness (QED) is 0.403. The van der Waals surface area contributed by atoms with Gasteiger partial charge in [-0.15, -0.1) is 0 Å². The second-order valence-corrected chi connectivity index (χ2v) is 7.69. The minimum absolute atomic E-state index is 0.332. The van der Waals surface area contributed by atoms with Gasteiger partial charge in [-0.1, -0.05) is 12.1 Å². The standard InChI is InChI=1S/C25H22N4O4/c26-16-4-8-24(28-13-16)31-18-3-1-2-15(10-18)23-12-21(30)20-11-19(6-7-22(20)33-23)32-25-9-5-17(27)14-29-25/h1-11,13-14,21,23,30H,12,26-27H2. The zero-order chi connectivity index (χ0) is 22.8. The summed E-state index contributed by atoms with van der Waals surface area (Å²) in [6.07, 6.45) is 2.40. The third kappa shape index (κ3) is 4.65. The van der Waals surface area contributed by atoms with E-state index in [4.69, 9.17) is 25.7 Å². The first kappa shape index (κ1) is 20.6. The van der Waals surface area contributed by atoms with Gasteiger partial charge in [0.25, 0.3) is 0 Å². The molecule has 0 saturated carbocycles. The molecule has 3 heterocycles. The molecule has 2 unspecified atom stereocenters. The zero-order valence-corrected chi connectivity index (χ0v) is 17.6. The fourth-order valence-electron chi connectivity index (χ4n) is 3.62.